The lowest BCUT2D eigenvalue weighted by atomic mass is 10.3. The predicted octanol–water partition coefficient (Wildman–Crippen LogP) is 1.06. The highest BCUT2D eigenvalue weighted by atomic mass is 16.3. The van der Waals surface area contributed by atoms with Gasteiger partial charge >= 0.3 is 0 Å². The van der Waals surface area contributed by atoms with E-state index in [0.717, 1.165) is 0 Å². The van der Waals surface area contributed by atoms with Gasteiger partial charge in [0.2, 0.25) is 5.89 Å². The Hall–Kier alpha value is -1.78. The number of oxazole rings is 1. The molecule has 0 bridgehead atoms. The summed E-state index contributed by atoms with van der Waals surface area (Å²) in [6.07, 6.45) is 6.49. The zero-order chi connectivity index (χ0) is 9.26. The monoisotopic (exact) mass is 178 g/mol. The van der Waals surface area contributed by atoms with Gasteiger partial charge in [0.15, 0.2) is 0 Å². The normalized spacial score (nSPS) is 13.0. The smallest absolute Gasteiger partial charge is 0.218 e. The lowest BCUT2D eigenvalue weighted by molar-refractivity contribution is 0.410. The lowest BCUT2D eigenvalue weighted by Gasteiger charge is -2.06. The van der Waals surface area contributed by atoms with Crippen molar-refractivity contribution in [2.24, 2.45) is 0 Å². The Labute approximate surface area is 75.2 Å². The molecule has 68 valence electrons. The summed E-state index contributed by atoms with van der Waals surface area (Å²) in [7, 11) is 0. The van der Waals surface area contributed by atoms with Gasteiger partial charge in [0, 0.05) is 6.20 Å². The molecule has 2 rings (SSSR count). The molecule has 2 aromatic rings. The molecule has 2 aromatic heterocycles. The summed E-state index contributed by atoms with van der Waals surface area (Å²) in [5, 5.41) is 4.06. The molecule has 0 saturated heterocycles. The molecule has 0 amide bonds. The largest absolute Gasteiger partial charge is 0.447 e. The molecule has 5 nitrogen and oxygen atoms in total. The van der Waals surface area contributed by atoms with Crippen molar-refractivity contribution < 1.29 is 4.42 Å². The predicted molar refractivity (Wildman–Crippen MR) is 47.0 cm³/mol. The highest BCUT2D eigenvalue weighted by molar-refractivity contribution is 5.30. The number of nitrogen functional groups attached to an aromatic ring is 1. The summed E-state index contributed by atoms with van der Waals surface area (Å²) >= 11 is 0. The van der Waals surface area contributed by atoms with Gasteiger partial charge in [0.25, 0.3) is 0 Å². The molecule has 13 heavy (non-hydrogen) atoms. The highest BCUT2D eigenvalue weighted by Crippen LogP contribution is 2.15. The number of nitrogens with two attached hydrogens (primary N) is 1. The molecular weight excluding hydrogens is 168 g/mol. The van der Waals surface area contributed by atoms with E-state index in [-0.39, 0.29) is 6.04 Å². The number of rotatable bonds is 2. The second-order valence-corrected chi connectivity index (χ2v) is 2.80. The Kier molecular flexibility index (Phi) is 1.77. The average Bonchev–Trinajstić information content (AvgIpc) is 2.72. The third-order valence-corrected chi connectivity index (χ3v) is 1.83. The molecule has 0 aliphatic rings. The van der Waals surface area contributed by atoms with Gasteiger partial charge in [0.1, 0.15) is 12.3 Å². The van der Waals surface area contributed by atoms with Crippen molar-refractivity contribution in [3.05, 3.63) is 30.7 Å². The molecule has 0 aromatic carbocycles. The number of aromatic nitrogens is 3. The fourth-order valence-electron chi connectivity index (χ4n) is 1.12. The molecule has 2 heterocycles. The van der Waals surface area contributed by atoms with Crippen molar-refractivity contribution in [2.45, 2.75) is 13.0 Å². The maximum atomic E-state index is 5.54. The van der Waals surface area contributed by atoms with Crippen LogP contribution in [0.5, 0.6) is 0 Å². The van der Waals surface area contributed by atoms with E-state index in [1.807, 2.05) is 6.92 Å². The van der Waals surface area contributed by atoms with E-state index >= 15 is 0 Å². The maximum absolute atomic E-state index is 5.54. The fraction of sp³-hybridized carbons (Fsp3) is 0.250. The minimum absolute atomic E-state index is 0.0210. The van der Waals surface area contributed by atoms with Gasteiger partial charge in [-0.1, -0.05) is 0 Å². The van der Waals surface area contributed by atoms with Crippen LogP contribution in [-0.2, 0) is 0 Å². The molecule has 0 aliphatic carbocycles. The summed E-state index contributed by atoms with van der Waals surface area (Å²) in [6, 6.07) is -0.0210. The molecule has 5 heteroatoms. The molecule has 2 N–H and O–H groups in total. The molecule has 0 radical (unpaired) electrons. The van der Waals surface area contributed by atoms with Crippen LogP contribution in [0.2, 0.25) is 0 Å². The summed E-state index contributed by atoms with van der Waals surface area (Å²) < 4.78 is 6.86. The summed E-state index contributed by atoms with van der Waals surface area (Å²) in [4.78, 5) is 4.03. The van der Waals surface area contributed by atoms with Crippen molar-refractivity contribution in [1.82, 2.24) is 14.8 Å². The van der Waals surface area contributed by atoms with E-state index in [0.29, 0.717) is 11.6 Å². The first kappa shape index (κ1) is 7.85. The van der Waals surface area contributed by atoms with Crippen LogP contribution in [0.25, 0.3) is 0 Å². The number of hydrogen-bond donors (Lipinski definition) is 1. The molecular formula is C8H10N4O. The van der Waals surface area contributed by atoms with Crippen LogP contribution < -0.4 is 5.73 Å². The summed E-state index contributed by atoms with van der Waals surface area (Å²) in [6.45, 7) is 1.94. The Morgan fingerprint density at radius 1 is 1.62 bits per heavy atom. The van der Waals surface area contributed by atoms with Gasteiger partial charge < -0.3 is 10.2 Å². The first-order chi connectivity index (χ1) is 6.27. The SMILES string of the molecule is C[C@H](c1ncco1)n1cc(N)cn1. The minimum Gasteiger partial charge on any atom is -0.447 e. The molecule has 0 spiro atoms. The van der Waals surface area contributed by atoms with E-state index in [9.17, 15) is 0 Å². The van der Waals surface area contributed by atoms with Crippen LogP contribution in [0.1, 0.15) is 18.9 Å². The summed E-state index contributed by atoms with van der Waals surface area (Å²) in [5.41, 5.74) is 6.17. The van der Waals surface area contributed by atoms with Gasteiger partial charge in [-0.05, 0) is 6.92 Å². The van der Waals surface area contributed by atoms with Crippen LogP contribution >= 0.6 is 0 Å². The van der Waals surface area contributed by atoms with E-state index in [2.05, 4.69) is 10.1 Å². The van der Waals surface area contributed by atoms with Crippen molar-refractivity contribution in [1.29, 1.82) is 0 Å². The molecule has 1 atom stereocenters. The Morgan fingerprint density at radius 2 is 2.46 bits per heavy atom. The Bertz CT molecular complexity index is 379. The molecule has 0 unspecified atom stereocenters. The first-order valence-corrected chi connectivity index (χ1v) is 3.96. The number of hydrogen-bond acceptors (Lipinski definition) is 4. The van der Waals surface area contributed by atoms with Crippen molar-refractivity contribution in [3.63, 3.8) is 0 Å². The van der Waals surface area contributed by atoms with E-state index in [4.69, 9.17) is 10.2 Å². The standard InChI is InChI=1S/C8H10N4O/c1-6(8-10-2-3-13-8)12-5-7(9)4-11-12/h2-6H,9H2,1H3/t6-/m1/s1. The van der Waals surface area contributed by atoms with E-state index < -0.39 is 0 Å². The molecule has 0 saturated carbocycles. The second-order valence-electron chi connectivity index (χ2n) is 2.80. The number of anilines is 1. The van der Waals surface area contributed by atoms with Gasteiger partial charge in [-0.2, -0.15) is 5.10 Å². The van der Waals surface area contributed by atoms with E-state index in [1.54, 1.807) is 29.5 Å². The minimum atomic E-state index is -0.0210. The first-order valence-electron chi connectivity index (χ1n) is 3.96. The number of nitrogens with zero attached hydrogens (tertiary/aromatic N) is 3. The highest BCUT2D eigenvalue weighted by Gasteiger charge is 2.12. The Morgan fingerprint density at radius 3 is 3.00 bits per heavy atom. The zero-order valence-electron chi connectivity index (χ0n) is 7.21. The van der Waals surface area contributed by atoms with E-state index in [1.165, 1.54) is 0 Å². The van der Waals surface area contributed by atoms with Gasteiger partial charge in [-0.3, -0.25) is 4.68 Å². The average molecular weight is 178 g/mol. The van der Waals surface area contributed by atoms with Gasteiger partial charge in [-0.25, -0.2) is 4.98 Å². The fourth-order valence-corrected chi connectivity index (χ4v) is 1.12. The van der Waals surface area contributed by atoms with Crippen molar-refractivity contribution in [2.75, 3.05) is 5.73 Å². The summed E-state index contributed by atoms with van der Waals surface area (Å²) in [5.74, 6) is 0.628. The maximum Gasteiger partial charge on any atom is 0.218 e. The van der Waals surface area contributed by atoms with Crippen LogP contribution in [-0.4, -0.2) is 14.8 Å². The van der Waals surface area contributed by atoms with Crippen LogP contribution in [0, 0.1) is 0 Å². The van der Waals surface area contributed by atoms with Crippen LogP contribution in [0.3, 0.4) is 0 Å². The van der Waals surface area contributed by atoms with Gasteiger partial charge in [-0.15, -0.1) is 0 Å². The Balaban J connectivity index is 2.28. The van der Waals surface area contributed by atoms with Crippen molar-refractivity contribution >= 4 is 5.69 Å². The molecule has 0 aliphatic heterocycles. The topological polar surface area (TPSA) is 69.9 Å². The quantitative estimate of drug-likeness (QED) is 0.746. The molecule has 0 fully saturated rings. The van der Waals surface area contributed by atoms with Crippen molar-refractivity contribution in [3.8, 4) is 0 Å². The van der Waals surface area contributed by atoms with Gasteiger partial charge in [0.05, 0.1) is 18.1 Å². The third-order valence-electron chi connectivity index (χ3n) is 1.83. The third kappa shape index (κ3) is 1.40. The van der Waals surface area contributed by atoms with Crippen LogP contribution in [0.4, 0.5) is 5.69 Å². The second kappa shape index (κ2) is 2.93. The lowest BCUT2D eigenvalue weighted by Crippen LogP contribution is -2.07. The zero-order valence-corrected chi connectivity index (χ0v) is 7.21. The van der Waals surface area contributed by atoms with Crippen LogP contribution in [0.15, 0.2) is 29.3 Å².